The van der Waals surface area contributed by atoms with E-state index in [9.17, 15) is 0 Å². The molecule has 2 fully saturated rings. The van der Waals surface area contributed by atoms with Crippen LogP contribution in [0.4, 0.5) is 0 Å². The fraction of sp³-hybridized carbons (Fsp3) is 0.955. The monoisotopic (exact) mass is 576 g/mol. The molecule has 34 heavy (non-hydrogen) atoms. The zero-order valence-corrected chi connectivity index (χ0v) is 26.6. The maximum absolute atomic E-state index is 8.20. The van der Waals surface area contributed by atoms with Crippen molar-refractivity contribution in [1.29, 1.82) is 5.41 Å². The van der Waals surface area contributed by atoms with Crippen molar-refractivity contribution in [2.24, 2.45) is 0 Å². The van der Waals surface area contributed by atoms with Gasteiger partial charge < -0.3 is 27.3 Å². The Morgan fingerprint density at radius 3 is 1.62 bits per heavy atom. The van der Waals surface area contributed by atoms with Gasteiger partial charge in [0.15, 0.2) is 0 Å². The van der Waals surface area contributed by atoms with E-state index >= 15 is 0 Å². The minimum absolute atomic E-state index is 0.121. The van der Waals surface area contributed by atoms with Crippen LogP contribution in [-0.2, 0) is 22.4 Å². The zero-order valence-electron chi connectivity index (χ0n) is 22.3. The quantitative estimate of drug-likeness (QED) is 0.172. The predicted molar refractivity (Wildman–Crippen MR) is 144 cm³/mol. The summed E-state index contributed by atoms with van der Waals surface area (Å²) in [5.41, 5.74) is 0.673. The van der Waals surface area contributed by atoms with Gasteiger partial charge in [-0.3, -0.25) is 5.41 Å². The van der Waals surface area contributed by atoms with E-state index in [1.54, 1.807) is 0 Å². The highest BCUT2D eigenvalue weighted by molar-refractivity contribution is 6.84. The minimum Gasteiger partial charge on any atom is -0.445 e. The van der Waals surface area contributed by atoms with Crippen LogP contribution in [0.25, 0.3) is 0 Å². The SMILES string of the molecule is CC(C)[Si]1(C(C)C)O[C@H]2[C@H](OC(=N)C(Cl)(Cl)Cl)O[C@H](C)[C@@H](N(C)C)[C@H]2O[Si](C(C)C)(C(C)C)O1. The Morgan fingerprint density at radius 1 is 0.853 bits per heavy atom. The summed E-state index contributed by atoms with van der Waals surface area (Å²) < 4.78 is 31.6. The standard InChI is InChI=1S/C22H43Cl3N2O5Si2/c1-12(2)33(13(3)4)30-18-17(27(10)11)16(9)28-20(29-21(26)22(23,24)25)19(18)31-34(32-33,14(5)6)15(7)8/h12-20,26H,1-11H3/t16-,17-,18-,19-,20+/m1/s1. The molecule has 0 aromatic rings. The molecule has 200 valence electrons. The third kappa shape index (κ3) is 5.84. The summed E-state index contributed by atoms with van der Waals surface area (Å²) in [5, 5.41) is 8.20. The van der Waals surface area contributed by atoms with Crippen molar-refractivity contribution in [1.82, 2.24) is 4.90 Å². The van der Waals surface area contributed by atoms with Crippen molar-refractivity contribution in [2.45, 2.75) is 119 Å². The first-order chi connectivity index (χ1) is 15.4. The molecule has 0 saturated carbocycles. The Morgan fingerprint density at radius 2 is 1.26 bits per heavy atom. The van der Waals surface area contributed by atoms with Crippen LogP contribution in [0.3, 0.4) is 0 Å². The normalized spacial score (nSPS) is 31.8. The van der Waals surface area contributed by atoms with Crippen LogP contribution in [0, 0.1) is 5.41 Å². The summed E-state index contributed by atoms with van der Waals surface area (Å²) >= 11 is 17.8. The molecule has 2 heterocycles. The zero-order chi connectivity index (χ0) is 26.4. The largest absolute Gasteiger partial charge is 0.445 e. The van der Waals surface area contributed by atoms with Crippen molar-refractivity contribution in [2.75, 3.05) is 14.1 Å². The van der Waals surface area contributed by atoms with E-state index < -0.39 is 45.3 Å². The second kappa shape index (κ2) is 11.1. The number of fused-ring (bicyclic) bond motifs is 1. The molecule has 12 heteroatoms. The summed E-state index contributed by atoms with van der Waals surface area (Å²) in [6, 6.07) is -0.121. The molecule has 2 aliphatic rings. The number of nitrogens with one attached hydrogen (secondary N) is 1. The highest BCUT2D eigenvalue weighted by atomic mass is 35.6. The van der Waals surface area contributed by atoms with E-state index in [2.05, 4.69) is 60.3 Å². The molecular weight excluding hydrogens is 535 g/mol. The Bertz CT molecular complexity index is 705. The molecular formula is C22H43Cl3N2O5Si2. The van der Waals surface area contributed by atoms with Gasteiger partial charge >= 0.3 is 17.1 Å². The average molecular weight is 578 g/mol. The number of halogens is 3. The molecule has 7 nitrogen and oxygen atoms in total. The molecule has 2 rings (SSSR count). The molecule has 0 spiro atoms. The highest BCUT2D eigenvalue weighted by Crippen LogP contribution is 2.50. The molecule has 0 aliphatic carbocycles. The first-order valence-electron chi connectivity index (χ1n) is 12.1. The van der Waals surface area contributed by atoms with Crippen LogP contribution in [0.15, 0.2) is 0 Å². The minimum atomic E-state index is -2.89. The molecule has 1 N–H and O–H groups in total. The summed E-state index contributed by atoms with van der Waals surface area (Å²) in [5.74, 6) is -0.511. The van der Waals surface area contributed by atoms with E-state index in [0.29, 0.717) is 0 Å². The topological polar surface area (TPSA) is 73.2 Å². The first-order valence-corrected chi connectivity index (χ1v) is 17.2. The van der Waals surface area contributed by atoms with Gasteiger partial charge in [-0.05, 0) is 43.2 Å². The predicted octanol–water partition coefficient (Wildman–Crippen LogP) is 6.35. The van der Waals surface area contributed by atoms with Gasteiger partial charge in [0.25, 0.3) is 3.79 Å². The molecule has 0 unspecified atom stereocenters. The second-order valence-electron chi connectivity index (χ2n) is 10.9. The number of rotatable bonds is 6. The van der Waals surface area contributed by atoms with Gasteiger partial charge in [0.05, 0.1) is 18.2 Å². The number of hydrogen-bond donors (Lipinski definition) is 1. The van der Waals surface area contributed by atoms with E-state index in [-0.39, 0.29) is 34.3 Å². The third-order valence-corrected chi connectivity index (χ3v) is 17.8. The Kier molecular flexibility index (Phi) is 10.1. The molecule has 5 atom stereocenters. The summed E-state index contributed by atoms with van der Waals surface area (Å²) in [7, 11) is -1.70. The van der Waals surface area contributed by atoms with Crippen molar-refractivity contribution in [3.63, 3.8) is 0 Å². The van der Waals surface area contributed by atoms with Crippen molar-refractivity contribution in [3.05, 3.63) is 0 Å². The molecule has 2 saturated heterocycles. The van der Waals surface area contributed by atoms with Crippen molar-refractivity contribution < 1.29 is 22.4 Å². The van der Waals surface area contributed by atoms with Gasteiger partial charge in [-0.2, -0.15) is 0 Å². The van der Waals surface area contributed by atoms with Gasteiger partial charge in [0, 0.05) is 0 Å². The van der Waals surface area contributed by atoms with Crippen LogP contribution in [-0.4, -0.2) is 76.5 Å². The van der Waals surface area contributed by atoms with E-state index in [4.69, 9.17) is 62.7 Å². The van der Waals surface area contributed by atoms with E-state index in [1.807, 2.05) is 21.0 Å². The van der Waals surface area contributed by atoms with Crippen LogP contribution >= 0.6 is 34.8 Å². The van der Waals surface area contributed by atoms with Crippen LogP contribution in [0.5, 0.6) is 0 Å². The number of hydrogen-bond acceptors (Lipinski definition) is 7. The Balaban J connectivity index is 2.74. The van der Waals surface area contributed by atoms with Gasteiger partial charge in [0.2, 0.25) is 12.2 Å². The number of likely N-dealkylation sites (N-methyl/N-ethyl adjacent to an activating group) is 1. The highest BCUT2D eigenvalue weighted by Gasteiger charge is 2.65. The van der Waals surface area contributed by atoms with Crippen molar-refractivity contribution >= 4 is 57.8 Å². The van der Waals surface area contributed by atoms with Crippen LogP contribution in [0.1, 0.15) is 62.3 Å². The second-order valence-corrected chi connectivity index (χ2v) is 22.0. The molecule has 0 amide bonds. The summed E-state index contributed by atoms with van der Waals surface area (Å²) in [4.78, 5) is 2.10. The lowest BCUT2D eigenvalue weighted by Gasteiger charge is -2.49. The maximum atomic E-state index is 8.20. The van der Waals surface area contributed by atoms with E-state index in [1.165, 1.54) is 0 Å². The number of alkyl halides is 3. The van der Waals surface area contributed by atoms with Gasteiger partial charge in [-0.1, -0.05) is 90.2 Å². The van der Waals surface area contributed by atoms with E-state index in [0.717, 1.165) is 0 Å². The van der Waals surface area contributed by atoms with Crippen LogP contribution in [0.2, 0.25) is 22.2 Å². The molecule has 0 radical (unpaired) electrons. The first kappa shape index (κ1) is 30.8. The van der Waals surface area contributed by atoms with Gasteiger partial charge in [-0.15, -0.1) is 0 Å². The average Bonchev–Trinajstić information content (AvgIpc) is 2.83. The number of ether oxygens (including phenoxy) is 2. The fourth-order valence-electron chi connectivity index (χ4n) is 5.31. The summed E-state index contributed by atoms with van der Waals surface area (Å²) in [6.45, 7) is 19.3. The molecule has 0 bridgehead atoms. The Labute approximate surface area is 223 Å². The molecule has 0 aromatic heterocycles. The third-order valence-electron chi connectivity index (χ3n) is 7.02. The molecule has 0 aromatic carbocycles. The molecule has 2 aliphatic heterocycles. The van der Waals surface area contributed by atoms with Crippen molar-refractivity contribution in [3.8, 4) is 0 Å². The summed E-state index contributed by atoms with van der Waals surface area (Å²) in [6.07, 6.45) is -2.32. The maximum Gasteiger partial charge on any atom is 0.335 e. The van der Waals surface area contributed by atoms with Crippen LogP contribution < -0.4 is 0 Å². The lowest BCUT2D eigenvalue weighted by atomic mass is 9.96. The van der Waals surface area contributed by atoms with Gasteiger partial charge in [-0.25, -0.2) is 0 Å². The Hall–Kier alpha value is 0.574. The lowest BCUT2D eigenvalue weighted by Crippen LogP contribution is -2.66. The fourth-order valence-corrected chi connectivity index (χ4v) is 16.7. The lowest BCUT2D eigenvalue weighted by molar-refractivity contribution is -0.249. The number of nitrogens with zero attached hydrogens (tertiary/aromatic N) is 1. The smallest absolute Gasteiger partial charge is 0.335 e. The van der Waals surface area contributed by atoms with Gasteiger partial charge in [0.1, 0.15) is 6.10 Å².